The number of hydrogen-bond acceptors (Lipinski definition) is 5. The highest BCUT2D eigenvalue weighted by Crippen LogP contribution is 2.26. The van der Waals surface area contributed by atoms with Crippen LogP contribution >= 0.6 is 0 Å². The highest BCUT2D eigenvalue weighted by Gasteiger charge is 2.18. The molecule has 0 bridgehead atoms. The minimum absolute atomic E-state index is 0.0620. The smallest absolute Gasteiger partial charge is 0.343 e. The third-order valence-corrected chi connectivity index (χ3v) is 5.27. The molecule has 2 aromatic carbocycles. The van der Waals surface area contributed by atoms with E-state index in [0.717, 1.165) is 11.3 Å². The van der Waals surface area contributed by atoms with Gasteiger partial charge in [0.05, 0.1) is 23.7 Å². The molecular weight excluding hydrogens is 413 g/mol. The number of nitrogens with one attached hydrogen (secondary N) is 1. The number of rotatable bonds is 7. The first kappa shape index (κ1) is 21.3. The monoisotopic (exact) mass is 435 g/mol. The van der Waals surface area contributed by atoms with Gasteiger partial charge in [-0.2, -0.15) is 5.10 Å². The molecule has 164 valence electrons. The molecule has 0 aliphatic rings. The summed E-state index contributed by atoms with van der Waals surface area (Å²) in [6.07, 6.45) is 4.44. The Labute approximate surface area is 183 Å². The summed E-state index contributed by atoms with van der Waals surface area (Å²) < 4.78 is 26.3. The van der Waals surface area contributed by atoms with E-state index in [1.165, 1.54) is 19.2 Å². The van der Waals surface area contributed by atoms with E-state index in [1.54, 1.807) is 10.9 Å². The molecule has 0 radical (unpaired) electrons. The summed E-state index contributed by atoms with van der Waals surface area (Å²) in [4.78, 5) is 28.0. The number of H-pyrrole nitrogens is 1. The van der Waals surface area contributed by atoms with Crippen LogP contribution in [0.3, 0.4) is 0 Å². The zero-order chi connectivity index (χ0) is 22.7. The highest BCUT2D eigenvalue weighted by atomic mass is 19.1. The molecule has 0 aliphatic heterocycles. The van der Waals surface area contributed by atoms with Gasteiger partial charge in [0, 0.05) is 30.1 Å². The van der Waals surface area contributed by atoms with E-state index in [1.807, 2.05) is 43.5 Å². The topological polar surface area (TPSA) is 86.2 Å². The first-order chi connectivity index (χ1) is 15.5. The normalized spacial score (nSPS) is 11.0. The van der Waals surface area contributed by atoms with E-state index < -0.39 is 11.8 Å². The summed E-state index contributed by atoms with van der Waals surface area (Å²) in [5, 5.41) is 4.29. The van der Waals surface area contributed by atoms with Crippen molar-refractivity contribution in [3.63, 3.8) is 0 Å². The maximum Gasteiger partial charge on any atom is 0.343 e. The summed E-state index contributed by atoms with van der Waals surface area (Å²) in [6, 6.07) is 12.1. The lowest BCUT2D eigenvalue weighted by molar-refractivity contribution is -0.142. The Morgan fingerprint density at radius 3 is 2.62 bits per heavy atom. The molecule has 2 aromatic heterocycles. The molecule has 0 saturated carbocycles. The van der Waals surface area contributed by atoms with Crippen molar-refractivity contribution in [3.8, 4) is 11.4 Å². The molecule has 4 rings (SSSR count). The Kier molecular flexibility index (Phi) is 6.02. The summed E-state index contributed by atoms with van der Waals surface area (Å²) in [5.41, 5.74) is 2.75. The van der Waals surface area contributed by atoms with Crippen LogP contribution in [0.2, 0.25) is 0 Å². The number of fused-ring (bicyclic) bond motifs is 1. The van der Waals surface area contributed by atoms with Crippen LogP contribution in [0.5, 0.6) is 5.75 Å². The maximum atomic E-state index is 14.5. The van der Waals surface area contributed by atoms with Crippen molar-refractivity contribution in [3.05, 3.63) is 87.7 Å². The van der Waals surface area contributed by atoms with E-state index in [2.05, 4.69) is 14.8 Å². The fourth-order valence-electron chi connectivity index (χ4n) is 3.62. The van der Waals surface area contributed by atoms with Crippen LogP contribution in [0.25, 0.3) is 16.6 Å². The summed E-state index contributed by atoms with van der Waals surface area (Å²) >= 11 is 0. The van der Waals surface area contributed by atoms with Crippen LogP contribution in [-0.2, 0) is 22.4 Å². The zero-order valence-corrected chi connectivity index (χ0v) is 17.7. The van der Waals surface area contributed by atoms with Crippen molar-refractivity contribution in [1.82, 2.24) is 14.8 Å². The Morgan fingerprint density at radius 1 is 1.19 bits per heavy atom. The highest BCUT2D eigenvalue weighted by molar-refractivity contribution is 5.87. The molecule has 0 spiro atoms. The number of nitrogens with zero attached hydrogens (tertiary/aromatic N) is 2. The number of hydrogen-bond donors (Lipinski definition) is 1. The lowest BCUT2D eigenvalue weighted by Gasteiger charge is -2.14. The predicted octanol–water partition coefficient (Wildman–Crippen LogP) is 3.56. The number of methoxy groups -OCH3 is 1. The maximum absolute atomic E-state index is 14.5. The van der Waals surface area contributed by atoms with Gasteiger partial charge in [0.2, 0.25) is 0 Å². The Morgan fingerprint density at radius 2 is 1.97 bits per heavy atom. The van der Waals surface area contributed by atoms with Crippen molar-refractivity contribution in [2.24, 2.45) is 0 Å². The molecule has 0 fully saturated rings. The minimum atomic E-state index is -0.596. The second-order valence-electron chi connectivity index (χ2n) is 7.22. The van der Waals surface area contributed by atoms with E-state index in [4.69, 9.17) is 4.74 Å². The molecule has 8 heteroatoms. The lowest BCUT2D eigenvalue weighted by Crippen LogP contribution is -2.18. The SMILES string of the molecule is CCc1[nH]c2c(F)ccc(OCC(=O)OC)c2c(=O)c1Cc1ccc(-n2cccn2)cc1. The van der Waals surface area contributed by atoms with E-state index in [0.29, 0.717) is 24.1 Å². The number of carbonyl (C=O) groups excluding carboxylic acids is 1. The van der Waals surface area contributed by atoms with Crippen LogP contribution in [0.1, 0.15) is 23.7 Å². The van der Waals surface area contributed by atoms with Gasteiger partial charge in [-0.15, -0.1) is 0 Å². The number of ether oxygens (including phenoxy) is 2. The second-order valence-corrected chi connectivity index (χ2v) is 7.22. The Balaban J connectivity index is 1.75. The fraction of sp³-hybridized carbons (Fsp3) is 0.208. The van der Waals surface area contributed by atoms with Gasteiger partial charge in [0.15, 0.2) is 12.0 Å². The van der Waals surface area contributed by atoms with Gasteiger partial charge in [-0.05, 0) is 42.3 Å². The molecule has 0 aliphatic carbocycles. The van der Waals surface area contributed by atoms with E-state index >= 15 is 0 Å². The van der Waals surface area contributed by atoms with Crippen LogP contribution in [0.15, 0.2) is 59.7 Å². The van der Waals surface area contributed by atoms with Crippen LogP contribution in [0, 0.1) is 5.82 Å². The number of halogens is 1. The standard InChI is InChI=1S/C24H22FN3O4/c1-3-19-17(13-15-5-7-16(8-6-15)28-12-4-11-26-28)24(30)22-20(32-14-21(29)31-2)10-9-18(25)23(22)27-19/h4-12H,3,13-14H2,1-2H3,(H,27,30). The number of esters is 1. The largest absolute Gasteiger partial charge is 0.481 e. The minimum Gasteiger partial charge on any atom is -0.481 e. The number of pyridine rings is 1. The van der Waals surface area contributed by atoms with Gasteiger partial charge in [0.25, 0.3) is 0 Å². The molecule has 7 nitrogen and oxygen atoms in total. The van der Waals surface area contributed by atoms with Crippen molar-refractivity contribution in [2.75, 3.05) is 13.7 Å². The predicted molar refractivity (Wildman–Crippen MR) is 118 cm³/mol. The van der Waals surface area contributed by atoms with Crippen molar-refractivity contribution in [1.29, 1.82) is 0 Å². The third-order valence-electron chi connectivity index (χ3n) is 5.27. The van der Waals surface area contributed by atoms with Crippen molar-refractivity contribution in [2.45, 2.75) is 19.8 Å². The van der Waals surface area contributed by atoms with Crippen LogP contribution in [-0.4, -0.2) is 34.5 Å². The number of aryl methyl sites for hydroxylation is 1. The average molecular weight is 435 g/mol. The van der Waals surface area contributed by atoms with Crippen molar-refractivity contribution < 1.29 is 18.7 Å². The number of carbonyl (C=O) groups is 1. The lowest BCUT2D eigenvalue weighted by atomic mass is 9.99. The quantitative estimate of drug-likeness (QED) is 0.449. The number of benzene rings is 2. The van der Waals surface area contributed by atoms with Gasteiger partial charge in [-0.3, -0.25) is 4.79 Å². The number of aromatic nitrogens is 3. The van der Waals surface area contributed by atoms with Crippen LogP contribution < -0.4 is 10.2 Å². The second kappa shape index (κ2) is 9.05. The molecule has 2 heterocycles. The summed E-state index contributed by atoms with van der Waals surface area (Å²) in [5.74, 6) is -1.03. The molecule has 32 heavy (non-hydrogen) atoms. The van der Waals surface area contributed by atoms with Gasteiger partial charge in [-0.1, -0.05) is 19.1 Å². The molecule has 0 unspecified atom stereocenters. The molecule has 4 aromatic rings. The van der Waals surface area contributed by atoms with Crippen molar-refractivity contribution >= 4 is 16.9 Å². The number of aromatic amines is 1. The van der Waals surface area contributed by atoms with Gasteiger partial charge in [-0.25, -0.2) is 13.9 Å². The Hall–Kier alpha value is -3.94. The van der Waals surface area contributed by atoms with E-state index in [9.17, 15) is 14.0 Å². The van der Waals surface area contributed by atoms with Gasteiger partial charge in [0.1, 0.15) is 11.6 Å². The molecule has 0 saturated heterocycles. The summed E-state index contributed by atoms with van der Waals surface area (Å²) in [6.45, 7) is 1.52. The van der Waals surface area contributed by atoms with Crippen LogP contribution in [0.4, 0.5) is 4.39 Å². The molecular formula is C24H22FN3O4. The molecule has 0 atom stereocenters. The Bertz CT molecular complexity index is 1310. The van der Waals surface area contributed by atoms with Gasteiger partial charge >= 0.3 is 5.97 Å². The molecule has 1 N–H and O–H groups in total. The van der Waals surface area contributed by atoms with E-state index in [-0.39, 0.29) is 28.7 Å². The zero-order valence-electron chi connectivity index (χ0n) is 17.7. The first-order valence-corrected chi connectivity index (χ1v) is 10.2. The average Bonchev–Trinajstić information content (AvgIpc) is 3.35. The first-order valence-electron chi connectivity index (χ1n) is 10.2. The van der Waals surface area contributed by atoms with Gasteiger partial charge < -0.3 is 14.5 Å². The molecule has 0 amide bonds. The summed E-state index contributed by atoms with van der Waals surface area (Å²) in [7, 11) is 1.24. The fourth-order valence-corrected chi connectivity index (χ4v) is 3.62. The third kappa shape index (κ3) is 4.12.